The highest BCUT2D eigenvalue weighted by atomic mass is 35.5. The smallest absolute Gasteiger partial charge is 0.257 e. The molecule has 2 heterocycles. The number of amides is 1. The van der Waals surface area contributed by atoms with Gasteiger partial charge in [0, 0.05) is 55.3 Å². The van der Waals surface area contributed by atoms with Crippen LogP contribution in [-0.2, 0) is 6.54 Å². The van der Waals surface area contributed by atoms with Crippen LogP contribution in [-0.4, -0.2) is 53.9 Å². The third-order valence-corrected chi connectivity index (χ3v) is 5.11. The van der Waals surface area contributed by atoms with Gasteiger partial charge in [-0.1, -0.05) is 11.6 Å². The second kappa shape index (κ2) is 8.16. The van der Waals surface area contributed by atoms with Crippen LogP contribution < -0.4 is 5.32 Å². The number of rotatable bonds is 4. The fourth-order valence-electron chi connectivity index (χ4n) is 3.07. The third kappa shape index (κ3) is 4.61. The molecule has 0 unspecified atom stereocenters. The molecule has 0 radical (unpaired) electrons. The lowest BCUT2D eigenvalue weighted by molar-refractivity contribution is 0.102. The molecule has 0 saturated carbocycles. The molecule has 1 saturated heterocycles. The molecule has 1 amide bonds. The van der Waals surface area contributed by atoms with Gasteiger partial charge in [0.15, 0.2) is 0 Å². The van der Waals surface area contributed by atoms with Crippen LogP contribution in [0.4, 0.5) is 5.69 Å². The number of aromatic nitrogens is 1. The minimum atomic E-state index is -0.173. The molecule has 3 rings (SSSR count). The van der Waals surface area contributed by atoms with Crippen molar-refractivity contribution < 1.29 is 4.79 Å². The minimum absolute atomic E-state index is 0.173. The summed E-state index contributed by atoms with van der Waals surface area (Å²) in [7, 11) is 2.15. The molecule has 0 spiro atoms. The van der Waals surface area contributed by atoms with Crippen molar-refractivity contribution in [3.8, 4) is 0 Å². The lowest BCUT2D eigenvalue weighted by atomic mass is 10.1. The van der Waals surface area contributed by atoms with Gasteiger partial charge in [-0.15, -0.1) is 0 Å². The zero-order valence-electron chi connectivity index (χ0n) is 15.6. The average Bonchev–Trinajstić information content (AvgIpc) is 2.61. The van der Waals surface area contributed by atoms with E-state index in [1.165, 1.54) is 0 Å². The molecule has 5 nitrogen and oxygen atoms in total. The topological polar surface area (TPSA) is 48.5 Å². The van der Waals surface area contributed by atoms with Gasteiger partial charge in [0.05, 0.1) is 5.56 Å². The Bertz CT molecular complexity index is 783. The van der Waals surface area contributed by atoms with Crippen molar-refractivity contribution in [2.45, 2.75) is 20.4 Å². The van der Waals surface area contributed by atoms with E-state index >= 15 is 0 Å². The Morgan fingerprint density at radius 1 is 1.19 bits per heavy atom. The normalized spacial score (nSPS) is 15.8. The van der Waals surface area contributed by atoms with Crippen LogP contribution in [0.25, 0.3) is 0 Å². The first-order valence-electron chi connectivity index (χ1n) is 8.86. The standard InChI is InChI=1S/C20H25ClN4O/c1-14-4-5-16(12-22-14)20(26)23-19-11-18(21)10-17(15(19)2)13-25-8-6-24(3)7-9-25/h4-5,10-12H,6-9,13H2,1-3H3,(H,23,26). The summed E-state index contributed by atoms with van der Waals surface area (Å²) in [5.74, 6) is -0.173. The predicted octanol–water partition coefficient (Wildman–Crippen LogP) is 3.35. The fourth-order valence-corrected chi connectivity index (χ4v) is 3.31. The molecular weight excluding hydrogens is 348 g/mol. The van der Waals surface area contributed by atoms with Crippen molar-refractivity contribution in [1.29, 1.82) is 0 Å². The summed E-state index contributed by atoms with van der Waals surface area (Å²) in [5, 5.41) is 3.62. The van der Waals surface area contributed by atoms with Crippen molar-refractivity contribution in [3.05, 3.63) is 57.9 Å². The maximum atomic E-state index is 12.5. The molecule has 0 aliphatic carbocycles. The molecule has 138 valence electrons. The van der Waals surface area contributed by atoms with Crippen LogP contribution in [0.15, 0.2) is 30.5 Å². The first kappa shape index (κ1) is 18.8. The Kier molecular flexibility index (Phi) is 5.91. The number of aryl methyl sites for hydroxylation is 1. The van der Waals surface area contributed by atoms with Crippen LogP contribution in [0.5, 0.6) is 0 Å². The van der Waals surface area contributed by atoms with Crippen LogP contribution in [0.1, 0.15) is 27.2 Å². The number of nitrogens with one attached hydrogen (secondary N) is 1. The highest BCUT2D eigenvalue weighted by Gasteiger charge is 2.17. The molecule has 26 heavy (non-hydrogen) atoms. The molecule has 1 aliphatic heterocycles. The van der Waals surface area contributed by atoms with E-state index in [2.05, 4.69) is 27.1 Å². The zero-order valence-corrected chi connectivity index (χ0v) is 16.3. The van der Waals surface area contributed by atoms with E-state index in [4.69, 9.17) is 11.6 Å². The van der Waals surface area contributed by atoms with E-state index in [0.717, 1.165) is 55.2 Å². The van der Waals surface area contributed by atoms with Gasteiger partial charge < -0.3 is 10.2 Å². The molecule has 1 aliphatic rings. The molecular formula is C20H25ClN4O. The maximum Gasteiger partial charge on any atom is 0.257 e. The summed E-state index contributed by atoms with van der Waals surface area (Å²) in [6, 6.07) is 7.42. The number of carbonyl (C=O) groups excluding carboxylic acids is 1. The summed E-state index contributed by atoms with van der Waals surface area (Å²) >= 11 is 6.32. The number of anilines is 1. The summed E-state index contributed by atoms with van der Waals surface area (Å²) in [6.45, 7) is 9.00. The average molecular weight is 373 g/mol. The number of hydrogen-bond donors (Lipinski definition) is 1. The van der Waals surface area contributed by atoms with Crippen LogP contribution >= 0.6 is 11.6 Å². The van der Waals surface area contributed by atoms with Gasteiger partial charge in [-0.05, 0) is 56.3 Å². The number of benzene rings is 1. The van der Waals surface area contributed by atoms with Crippen LogP contribution in [0, 0.1) is 13.8 Å². The summed E-state index contributed by atoms with van der Waals surface area (Å²) in [5.41, 5.74) is 4.39. The van der Waals surface area contributed by atoms with Gasteiger partial charge in [-0.25, -0.2) is 0 Å². The zero-order chi connectivity index (χ0) is 18.7. The largest absolute Gasteiger partial charge is 0.322 e. The molecule has 1 aromatic carbocycles. The number of likely N-dealkylation sites (N-methyl/N-ethyl adjacent to an activating group) is 1. The second-order valence-corrected chi connectivity index (χ2v) is 7.40. The number of carbonyl (C=O) groups is 1. The summed E-state index contributed by atoms with van der Waals surface area (Å²) < 4.78 is 0. The van der Waals surface area contributed by atoms with Crippen molar-refractivity contribution >= 4 is 23.2 Å². The van der Waals surface area contributed by atoms with Crippen LogP contribution in [0.3, 0.4) is 0 Å². The quantitative estimate of drug-likeness (QED) is 0.894. The Balaban J connectivity index is 1.76. The first-order valence-corrected chi connectivity index (χ1v) is 9.24. The van der Waals surface area contributed by atoms with Gasteiger partial charge >= 0.3 is 0 Å². The van der Waals surface area contributed by atoms with E-state index < -0.39 is 0 Å². The van der Waals surface area contributed by atoms with E-state index in [0.29, 0.717) is 10.6 Å². The fraction of sp³-hybridized carbons (Fsp3) is 0.400. The predicted molar refractivity (Wildman–Crippen MR) is 106 cm³/mol. The maximum absolute atomic E-state index is 12.5. The number of piperazine rings is 1. The van der Waals surface area contributed by atoms with Gasteiger partial charge in [-0.2, -0.15) is 0 Å². The second-order valence-electron chi connectivity index (χ2n) is 6.96. The van der Waals surface area contributed by atoms with E-state index in [9.17, 15) is 4.79 Å². The Morgan fingerprint density at radius 3 is 2.58 bits per heavy atom. The van der Waals surface area contributed by atoms with E-state index in [1.54, 1.807) is 12.3 Å². The van der Waals surface area contributed by atoms with Crippen molar-refractivity contribution in [2.75, 3.05) is 38.5 Å². The Labute approximate surface area is 160 Å². The number of pyridine rings is 1. The molecule has 6 heteroatoms. The van der Waals surface area contributed by atoms with Gasteiger partial charge in [0.25, 0.3) is 5.91 Å². The van der Waals surface area contributed by atoms with E-state index in [-0.39, 0.29) is 5.91 Å². The summed E-state index contributed by atoms with van der Waals surface area (Å²) in [6.07, 6.45) is 1.59. The van der Waals surface area contributed by atoms with Crippen molar-refractivity contribution in [1.82, 2.24) is 14.8 Å². The molecule has 1 fully saturated rings. The lowest BCUT2D eigenvalue weighted by Crippen LogP contribution is -2.44. The highest BCUT2D eigenvalue weighted by molar-refractivity contribution is 6.31. The van der Waals surface area contributed by atoms with E-state index in [1.807, 2.05) is 32.0 Å². The lowest BCUT2D eigenvalue weighted by Gasteiger charge is -2.32. The van der Waals surface area contributed by atoms with Crippen molar-refractivity contribution in [3.63, 3.8) is 0 Å². The summed E-state index contributed by atoms with van der Waals surface area (Å²) in [4.78, 5) is 21.5. The molecule has 0 bridgehead atoms. The first-order chi connectivity index (χ1) is 12.4. The monoisotopic (exact) mass is 372 g/mol. The van der Waals surface area contributed by atoms with Gasteiger partial charge in [-0.3, -0.25) is 14.7 Å². The molecule has 0 atom stereocenters. The molecule has 1 N–H and O–H groups in total. The third-order valence-electron chi connectivity index (χ3n) is 4.89. The van der Waals surface area contributed by atoms with Crippen LogP contribution in [0.2, 0.25) is 5.02 Å². The van der Waals surface area contributed by atoms with Crippen molar-refractivity contribution in [2.24, 2.45) is 0 Å². The number of halogens is 1. The molecule has 2 aromatic rings. The minimum Gasteiger partial charge on any atom is -0.322 e. The number of nitrogens with zero attached hydrogens (tertiary/aromatic N) is 3. The molecule has 1 aromatic heterocycles. The Morgan fingerprint density at radius 2 is 1.92 bits per heavy atom. The Hall–Kier alpha value is -1.95. The SMILES string of the molecule is Cc1ccc(C(=O)Nc2cc(Cl)cc(CN3CCN(C)CC3)c2C)cn1. The van der Waals surface area contributed by atoms with Gasteiger partial charge in [0.1, 0.15) is 0 Å². The highest BCUT2D eigenvalue weighted by Crippen LogP contribution is 2.26. The van der Waals surface area contributed by atoms with Gasteiger partial charge in [0.2, 0.25) is 0 Å². The number of hydrogen-bond acceptors (Lipinski definition) is 4.